The molecule has 0 saturated heterocycles. The summed E-state index contributed by atoms with van der Waals surface area (Å²) in [5, 5.41) is 9.59. The second-order valence-corrected chi connectivity index (χ2v) is 4.07. The van der Waals surface area contributed by atoms with Gasteiger partial charge in [-0.3, -0.25) is 0 Å². The van der Waals surface area contributed by atoms with E-state index < -0.39 is 7.12 Å². The van der Waals surface area contributed by atoms with E-state index in [1.54, 1.807) is 0 Å². The highest BCUT2D eigenvalue weighted by atomic mass is 16.5. The Hall–Kier alpha value is -0.795. The SMILES string of the molecule is Cc1ccc2c(c1)C(C)(C)OB2O. The third-order valence-corrected chi connectivity index (χ3v) is 2.53. The standard InChI is InChI=1S/C10H13BO2/c1-7-4-5-9-8(6-7)10(2,3)13-11(9)12/h4-6,12H,1-3H3. The molecule has 1 heterocycles. The van der Waals surface area contributed by atoms with Gasteiger partial charge in [-0.25, -0.2) is 0 Å². The van der Waals surface area contributed by atoms with E-state index in [1.807, 2.05) is 32.9 Å². The molecule has 2 nitrogen and oxygen atoms in total. The van der Waals surface area contributed by atoms with E-state index in [1.165, 1.54) is 5.56 Å². The van der Waals surface area contributed by atoms with Crippen molar-refractivity contribution in [3.8, 4) is 0 Å². The molecule has 2 rings (SSSR count). The molecule has 0 atom stereocenters. The molecule has 0 bridgehead atoms. The zero-order valence-electron chi connectivity index (χ0n) is 8.16. The molecule has 1 aliphatic rings. The molecular weight excluding hydrogens is 163 g/mol. The predicted octanol–water partition coefficient (Wildman–Crippen LogP) is 0.948. The molecule has 0 saturated carbocycles. The molecule has 0 aromatic heterocycles. The highest BCUT2D eigenvalue weighted by molar-refractivity contribution is 6.61. The third-order valence-electron chi connectivity index (χ3n) is 2.53. The molecule has 1 aliphatic heterocycles. The lowest BCUT2D eigenvalue weighted by molar-refractivity contribution is 0.101. The van der Waals surface area contributed by atoms with Gasteiger partial charge in [-0.1, -0.05) is 23.8 Å². The van der Waals surface area contributed by atoms with Crippen LogP contribution in [0.25, 0.3) is 0 Å². The number of hydrogen-bond acceptors (Lipinski definition) is 2. The molecule has 1 N–H and O–H groups in total. The van der Waals surface area contributed by atoms with Gasteiger partial charge in [0.05, 0.1) is 5.60 Å². The smallest absolute Gasteiger partial charge is 0.423 e. The van der Waals surface area contributed by atoms with E-state index in [0.29, 0.717) is 0 Å². The maximum absolute atomic E-state index is 9.59. The number of benzene rings is 1. The summed E-state index contributed by atoms with van der Waals surface area (Å²) in [6.07, 6.45) is 0. The fourth-order valence-corrected chi connectivity index (χ4v) is 1.81. The minimum atomic E-state index is -0.759. The molecule has 3 heteroatoms. The minimum Gasteiger partial charge on any atom is -0.423 e. The summed E-state index contributed by atoms with van der Waals surface area (Å²) < 4.78 is 5.43. The van der Waals surface area contributed by atoms with Crippen LogP contribution >= 0.6 is 0 Å². The molecular formula is C10H13BO2. The quantitative estimate of drug-likeness (QED) is 0.596. The average molecular weight is 176 g/mol. The van der Waals surface area contributed by atoms with Crippen LogP contribution in [0.5, 0.6) is 0 Å². The van der Waals surface area contributed by atoms with Gasteiger partial charge in [0.1, 0.15) is 0 Å². The van der Waals surface area contributed by atoms with Gasteiger partial charge >= 0.3 is 7.12 Å². The fourth-order valence-electron chi connectivity index (χ4n) is 1.81. The van der Waals surface area contributed by atoms with Crippen molar-refractivity contribution in [3.63, 3.8) is 0 Å². The molecule has 0 spiro atoms. The van der Waals surface area contributed by atoms with E-state index in [9.17, 15) is 5.02 Å². The first kappa shape index (κ1) is 8.79. The van der Waals surface area contributed by atoms with E-state index >= 15 is 0 Å². The summed E-state index contributed by atoms with van der Waals surface area (Å²) in [6.45, 7) is 5.99. The number of aryl methyl sites for hydroxylation is 1. The van der Waals surface area contributed by atoms with Crippen molar-refractivity contribution in [1.29, 1.82) is 0 Å². The van der Waals surface area contributed by atoms with Crippen LogP contribution in [0.1, 0.15) is 25.0 Å². The molecule has 1 aromatic carbocycles. The lowest BCUT2D eigenvalue weighted by atomic mass is 9.78. The van der Waals surface area contributed by atoms with Crippen LogP contribution in [0.2, 0.25) is 0 Å². The summed E-state index contributed by atoms with van der Waals surface area (Å²) >= 11 is 0. The first-order valence-electron chi connectivity index (χ1n) is 4.47. The highest BCUT2D eigenvalue weighted by Crippen LogP contribution is 2.29. The van der Waals surface area contributed by atoms with Gasteiger partial charge in [-0.2, -0.15) is 0 Å². The summed E-state index contributed by atoms with van der Waals surface area (Å²) in [6, 6.07) is 6.00. The van der Waals surface area contributed by atoms with Gasteiger partial charge in [0.25, 0.3) is 0 Å². The van der Waals surface area contributed by atoms with Crippen LogP contribution in [0.4, 0.5) is 0 Å². The fraction of sp³-hybridized carbons (Fsp3) is 0.400. The number of fused-ring (bicyclic) bond motifs is 1. The molecule has 0 aliphatic carbocycles. The first-order chi connectivity index (χ1) is 6.00. The van der Waals surface area contributed by atoms with Crippen LogP contribution in [0.3, 0.4) is 0 Å². The van der Waals surface area contributed by atoms with Gasteiger partial charge < -0.3 is 9.68 Å². The second-order valence-electron chi connectivity index (χ2n) is 4.07. The predicted molar refractivity (Wildman–Crippen MR) is 52.9 cm³/mol. The summed E-state index contributed by atoms with van der Waals surface area (Å²) in [4.78, 5) is 0. The Morgan fingerprint density at radius 1 is 1.38 bits per heavy atom. The Kier molecular flexibility index (Phi) is 1.75. The Bertz CT molecular complexity index is 347. The van der Waals surface area contributed by atoms with Gasteiger partial charge in [-0.15, -0.1) is 0 Å². The second kappa shape index (κ2) is 2.60. The Labute approximate surface area is 78.7 Å². The first-order valence-corrected chi connectivity index (χ1v) is 4.47. The van der Waals surface area contributed by atoms with Crippen molar-refractivity contribution in [3.05, 3.63) is 29.3 Å². The molecule has 68 valence electrons. The molecule has 0 amide bonds. The van der Waals surface area contributed by atoms with Crippen LogP contribution in [-0.4, -0.2) is 12.1 Å². The summed E-state index contributed by atoms with van der Waals surface area (Å²) in [5.74, 6) is 0. The van der Waals surface area contributed by atoms with Crippen molar-refractivity contribution in [2.24, 2.45) is 0 Å². The zero-order valence-corrected chi connectivity index (χ0v) is 8.16. The Morgan fingerprint density at radius 3 is 2.77 bits per heavy atom. The monoisotopic (exact) mass is 176 g/mol. The molecule has 0 unspecified atom stereocenters. The minimum absolute atomic E-state index is 0.360. The lowest BCUT2D eigenvalue weighted by Crippen LogP contribution is -2.28. The van der Waals surface area contributed by atoms with Gasteiger partial charge in [0, 0.05) is 0 Å². The van der Waals surface area contributed by atoms with Crippen molar-refractivity contribution in [1.82, 2.24) is 0 Å². The third kappa shape index (κ3) is 1.28. The maximum atomic E-state index is 9.59. The molecule has 1 aromatic rings. The Balaban J connectivity index is 2.60. The molecule has 0 fully saturated rings. The van der Waals surface area contributed by atoms with Crippen LogP contribution in [0, 0.1) is 6.92 Å². The average Bonchev–Trinajstić information content (AvgIpc) is 2.23. The van der Waals surface area contributed by atoms with Crippen molar-refractivity contribution < 1.29 is 9.68 Å². The lowest BCUT2D eigenvalue weighted by Gasteiger charge is -2.19. The topological polar surface area (TPSA) is 29.5 Å². The van der Waals surface area contributed by atoms with Gasteiger partial charge in [0.2, 0.25) is 0 Å². The van der Waals surface area contributed by atoms with Crippen molar-refractivity contribution in [2.45, 2.75) is 26.4 Å². The van der Waals surface area contributed by atoms with E-state index in [4.69, 9.17) is 4.65 Å². The maximum Gasteiger partial charge on any atom is 0.492 e. The van der Waals surface area contributed by atoms with Gasteiger partial charge in [0.15, 0.2) is 0 Å². The van der Waals surface area contributed by atoms with Crippen LogP contribution < -0.4 is 5.46 Å². The summed E-state index contributed by atoms with van der Waals surface area (Å²) in [7, 11) is -0.759. The van der Waals surface area contributed by atoms with E-state index in [2.05, 4.69) is 6.07 Å². The number of rotatable bonds is 0. The van der Waals surface area contributed by atoms with E-state index in [0.717, 1.165) is 11.0 Å². The van der Waals surface area contributed by atoms with Crippen LogP contribution in [0.15, 0.2) is 18.2 Å². The van der Waals surface area contributed by atoms with Crippen molar-refractivity contribution >= 4 is 12.6 Å². The normalized spacial score (nSPS) is 18.9. The molecule has 13 heavy (non-hydrogen) atoms. The highest BCUT2D eigenvalue weighted by Gasteiger charge is 2.40. The zero-order chi connectivity index (χ0) is 9.64. The largest absolute Gasteiger partial charge is 0.492 e. The van der Waals surface area contributed by atoms with Gasteiger partial charge in [-0.05, 0) is 31.8 Å². The van der Waals surface area contributed by atoms with E-state index in [-0.39, 0.29) is 5.60 Å². The number of hydrogen-bond donors (Lipinski definition) is 1. The van der Waals surface area contributed by atoms with Crippen LogP contribution in [-0.2, 0) is 10.3 Å². The summed E-state index contributed by atoms with van der Waals surface area (Å²) in [5.41, 5.74) is 2.83. The van der Waals surface area contributed by atoms with Crippen molar-refractivity contribution in [2.75, 3.05) is 0 Å². The molecule has 0 radical (unpaired) electrons. The Morgan fingerprint density at radius 2 is 2.08 bits per heavy atom.